The van der Waals surface area contributed by atoms with Crippen molar-refractivity contribution < 1.29 is 4.74 Å². The molecule has 1 aliphatic heterocycles. The van der Waals surface area contributed by atoms with Crippen LogP contribution >= 0.6 is 0 Å². The Labute approximate surface area is 116 Å². The Kier molecular flexibility index (Phi) is 5.08. The van der Waals surface area contributed by atoms with Crippen molar-refractivity contribution in [3.8, 4) is 5.75 Å². The number of rotatable bonds is 5. The molecule has 1 unspecified atom stereocenters. The van der Waals surface area contributed by atoms with Gasteiger partial charge < -0.3 is 15.4 Å². The average molecular weight is 262 g/mol. The number of anilines is 1. The first-order valence-corrected chi connectivity index (χ1v) is 7.42. The fourth-order valence-electron chi connectivity index (χ4n) is 2.28. The smallest absolute Gasteiger partial charge is 0.121 e. The number of benzene rings is 1. The molecule has 1 fully saturated rings. The molecule has 0 bridgehead atoms. The Morgan fingerprint density at radius 3 is 2.79 bits per heavy atom. The number of hydrogen-bond donors (Lipinski definition) is 1. The zero-order valence-electron chi connectivity index (χ0n) is 12.1. The molecule has 19 heavy (non-hydrogen) atoms. The van der Waals surface area contributed by atoms with Gasteiger partial charge >= 0.3 is 0 Å². The van der Waals surface area contributed by atoms with Gasteiger partial charge in [0.25, 0.3) is 0 Å². The van der Waals surface area contributed by atoms with Crippen LogP contribution in [-0.2, 0) is 0 Å². The Bertz CT molecular complexity index is 386. The first-order chi connectivity index (χ1) is 9.19. The summed E-state index contributed by atoms with van der Waals surface area (Å²) in [4.78, 5) is 2.40. The van der Waals surface area contributed by atoms with E-state index in [9.17, 15) is 0 Å². The summed E-state index contributed by atoms with van der Waals surface area (Å²) in [5.41, 5.74) is 7.21. The average Bonchev–Trinajstić information content (AvgIpc) is 2.46. The SMILES string of the molecule is CCC(C)COc1cccc(N2CCC(N)CC2)c1. The highest BCUT2D eigenvalue weighted by atomic mass is 16.5. The van der Waals surface area contributed by atoms with E-state index in [-0.39, 0.29) is 0 Å². The monoisotopic (exact) mass is 262 g/mol. The van der Waals surface area contributed by atoms with Crippen molar-refractivity contribution in [1.29, 1.82) is 0 Å². The van der Waals surface area contributed by atoms with Crippen LogP contribution in [0, 0.1) is 5.92 Å². The van der Waals surface area contributed by atoms with Crippen molar-refractivity contribution in [2.24, 2.45) is 11.7 Å². The van der Waals surface area contributed by atoms with Crippen LogP contribution in [0.4, 0.5) is 5.69 Å². The van der Waals surface area contributed by atoms with E-state index >= 15 is 0 Å². The molecule has 3 nitrogen and oxygen atoms in total. The lowest BCUT2D eigenvalue weighted by atomic mass is 10.1. The number of ether oxygens (including phenoxy) is 1. The lowest BCUT2D eigenvalue weighted by Crippen LogP contribution is -2.39. The van der Waals surface area contributed by atoms with Gasteiger partial charge in [-0.15, -0.1) is 0 Å². The molecular weight excluding hydrogens is 236 g/mol. The second kappa shape index (κ2) is 6.80. The molecule has 0 saturated carbocycles. The summed E-state index contributed by atoms with van der Waals surface area (Å²) in [6.07, 6.45) is 3.32. The third kappa shape index (κ3) is 4.13. The van der Waals surface area contributed by atoms with Gasteiger partial charge in [-0.05, 0) is 30.9 Å². The summed E-state index contributed by atoms with van der Waals surface area (Å²) in [7, 11) is 0. The quantitative estimate of drug-likeness (QED) is 0.886. The molecule has 1 aromatic rings. The second-order valence-corrected chi connectivity index (χ2v) is 5.65. The summed E-state index contributed by atoms with van der Waals surface area (Å²) in [5, 5.41) is 0. The second-order valence-electron chi connectivity index (χ2n) is 5.65. The predicted molar refractivity (Wildman–Crippen MR) is 80.8 cm³/mol. The van der Waals surface area contributed by atoms with E-state index in [0.29, 0.717) is 12.0 Å². The van der Waals surface area contributed by atoms with Crippen LogP contribution in [0.1, 0.15) is 33.1 Å². The van der Waals surface area contributed by atoms with E-state index in [2.05, 4.69) is 36.9 Å². The predicted octanol–water partition coefficient (Wildman–Crippen LogP) is 3.04. The lowest BCUT2D eigenvalue weighted by molar-refractivity contribution is 0.256. The molecule has 2 N–H and O–H groups in total. The van der Waals surface area contributed by atoms with Gasteiger partial charge in [-0.2, -0.15) is 0 Å². The third-order valence-corrected chi connectivity index (χ3v) is 3.95. The van der Waals surface area contributed by atoms with Gasteiger partial charge in [0.1, 0.15) is 5.75 Å². The molecule has 1 aliphatic rings. The molecule has 0 radical (unpaired) electrons. The molecule has 0 aliphatic carbocycles. The maximum absolute atomic E-state index is 5.95. The fraction of sp³-hybridized carbons (Fsp3) is 0.625. The van der Waals surface area contributed by atoms with Gasteiger partial charge in [0.2, 0.25) is 0 Å². The van der Waals surface area contributed by atoms with Gasteiger partial charge in [0, 0.05) is 30.9 Å². The van der Waals surface area contributed by atoms with Crippen LogP contribution in [0.3, 0.4) is 0 Å². The van der Waals surface area contributed by atoms with Crippen LogP contribution in [0.5, 0.6) is 5.75 Å². The first kappa shape index (κ1) is 14.2. The van der Waals surface area contributed by atoms with Crippen molar-refractivity contribution in [2.75, 3.05) is 24.6 Å². The normalized spacial score (nSPS) is 18.4. The molecule has 0 aromatic heterocycles. The molecule has 1 saturated heterocycles. The maximum atomic E-state index is 5.95. The van der Waals surface area contributed by atoms with E-state index in [0.717, 1.165) is 44.7 Å². The van der Waals surface area contributed by atoms with Gasteiger partial charge in [0.15, 0.2) is 0 Å². The summed E-state index contributed by atoms with van der Waals surface area (Å²) >= 11 is 0. The molecule has 0 amide bonds. The topological polar surface area (TPSA) is 38.5 Å². The minimum absolute atomic E-state index is 0.376. The van der Waals surface area contributed by atoms with Crippen molar-refractivity contribution in [3.05, 3.63) is 24.3 Å². The van der Waals surface area contributed by atoms with E-state index in [1.54, 1.807) is 0 Å². The zero-order valence-corrected chi connectivity index (χ0v) is 12.1. The molecule has 1 heterocycles. The molecule has 1 aromatic carbocycles. The van der Waals surface area contributed by atoms with E-state index in [4.69, 9.17) is 10.5 Å². The third-order valence-electron chi connectivity index (χ3n) is 3.95. The van der Waals surface area contributed by atoms with Gasteiger partial charge in [-0.3, -0.25) is 0 Å². The highest BCUT2D eigenvalue weighted by molar-refractivity contribution is 5.51. The van der Waals surface area contributed by atoms with Crippen LogP contribution in [0.15, 0.2) is 24.3 Å². The maximum Gasteiger partial charge on any atom is 0.121 e. The van der Waals surface area contributed by atoms with Crippen LogP contribution < -0.4 is 15.4 Å². The Morgan fingerprint density at radius 2 is 2.11 bits per heavy atom. The van der Waals surface area contributed by atoms with Gasteiger partial charge in [-0.1, -0.05) is 26.3 Å². The van der Waals surface area contributed by atoms with Crippen molar-refractivity contribution in [3.63, 3.8) is 0 Å². The van der Waals surface area contributed by atoms with Crippen LogP contribution in [-0.4, -0.2) is 25.7 Å². The first-order valence-electron chi connectivity index (χ1n) is 7.42. The standard InChI is InChI=1S/C16H26N2O/c1-3-13(2)12-19-16-6-4-5-15(11-16)18-9-7-14(17)8-10-18/h4-6,11,13-14H,3,7-10,12,17H2,1-2H3. The minimum atomic E-state index is 0.376. The summed E-state index contributed by atoms with van der Waals surface area (Å²) < 4.78 is 5.86. The Hall–Kier alpha value is -1.22. The largest absolute Gasteiger partial charge is 0.493 e. The summed E-state index contributed by atoms with van der Waals surface area (Å²) in [6.45, 7) is 7.31. The van der Waals surface area contributed by atoms with Gasteiger partial charge in [0.05, 0.1) is 6.61 Å². The van der Waals surface area contributed by atoms with Crippen LogP contribution in [0.25, 0.3) is 0 Å². The van der Waals surface area contributed by atoms with E-state index in [1.807, 2.05) is 6.07 Å². The zero-order chi connectivity index (χ0) is 13.7. The molecule has 1 atom stereocenters. The summed E-state index contributed by atoms with van der Waals surface area (Å²) in [6, 6.07) is 8.81. The minimum Gasteiger partial charge on any atom is -0.493 e. The number of nitrogens with two attached hydrogens (primary N) is 1. The van der Waals surface area contributed by atoms with Crippen molar-refractivity contribution >= 4 is 5.69 Å². The molecule has 2 rings (SSSR count). The van der Waals surface area contributed by atoms with Crippen LogP contribution in [0.2, 0.25) is 0 Å². The number of hydrogen-bond acceptors (Lipinski definition) is 3. The highest BCUT2D eigenvalue weighted by Gasteiger charge is 2.16. The number of nitrogens with zero attached hydrogens (tertiary/aromatic N) is 1. The highest BCUT2D eigenvalue weighted by Crippen LogP contribution is 2.24. The molecule has 0 spiro atoms. The van der Waals surface area contributed by atoms with Crippen molar-refractivity contribution in [1.82, 2.24) is 0 Å². The fourth-order valence-corrected chi connectivity index (χ4v) is 2.28. The molecular formula is C16H26N2O. The number of piperidine rings is 1. The van der Waals surface area contributed by atoms with E-state index < -0.39 is 0 Å². The molecule has 3 heteroatoms. The van der Waals surface area contributed by atoms with Crippen molar-refractivity contribution in [2.45, 2.75) is 39.2 Å². The lowest BCUT2D eigenvalue weighted by Gasteiger charge is -2.32. The Balaban J connectivity index is 1.95. The Morgan fingerprint density at radius 1 is 1.37 bits per heavy atom. The molecule has 106 valence electrons. The summed E-state index contributed by atoms with van der Waals surface area (Å²) in [5.74, 6) is 1.59. The van der Waals surface area contributed by atoms with Gasteiger partial charge in [-0.25, -0.2) is 0 Å². The van der Waals surface area contributed by atoms with E-state index in [1.165, 1.54) is 5.69 Å².